The second-order valence-electron chi connectivity index (χ2n) is 9.77. The van der Waals surface area contributed by atoms with Crippen LogP contribution in [0.25, 0.3) is 10.8 Å². The van der Waals surface area contributed by atoms with E-state index in [2.05, 4.69) is 0 Å². The van der Waals surface area contributed by atoms with Crippen molar-refractivity contribution in [2.75, 3.05) is 6.54 Å². The van der Waals surface area contributed by atoms with Crippen LogP contribution in [0.15, 0.2) is 108 Å². The third kappa shape index (κ3) is 6.96. The van der Waals surface area contributed by atoms with E-state index in [0.29, 0.717) is 10.9 Å². The molecule has 0 radical (unpaired) electrons. The first-order valence-electron chi connectivity index (χ1n) is 12.1. The minimum atomic E-state index is -4.19. The molecular weight excluding hydrogens is 486 g/mol. The Hall–Kier alpha value is -3.68. The highest BCUT2D eigenvalue weighted by atomic mass is 32.2. The van der Waals surface area contributed by atoms with Gasteiger partial charge in [0.1, 0.15) is 16.6 Å². The number of amides is 1. The van der Waals surface area contributed by atoms with Crippen molar-refractivity contribution < 1.29 is 22.1 Å². The highest BCUT2D eigenvalue weighted by Gasteiger charge is 2.30. The number of nitrogens with zero attached hydrogens (tertiary/aromatic N) is 1. The van der Waals surface area contributed by atoms with Crippen molar-refractivity contribution in [3.05, 3.63) is 114 Å². The van der Waals surface area contributed by atoms with Gasteiger partial charge in [-0.3, -0.25) is 4.18 Å². The molecule has 0 saturated carbocycles. The largest absolute Gasteiger partial charge is 0.444 e. The number of fused-ring (bicyclic) bond motifs is 1. The zero-order chi connectivity index (χ0) is 26.5. The Morgan fingerprint density at radius 1 is 0.811 bits per heavy atom. The summed E-state index contributed by atoms with van der Waals surface area (Å²) in [6.07, 6.45) is -1.51. The van der Waals surface area contributed by atoms with E-state index in [1.165, 1.54) is 11.0 Å². The predicted molar refractivity (Wildman–Crippen MR) is 144 cm³/mol. The number of carbonyl (C=O) groups excluding carboxylic acids is 1. The highest BCUT2D eigenvalue weighted by Crippen LogP contribution is 2.30. The summed E-state index contributed by atoms with van der Waals surface area (Å²) >= 11 is 0. The molecule has 37 heavy (non-hydrogen) atoms. The van der Waals surface area contributed by atoms with Crippen LogP contribution in [-0.4, -0.2) is 31.6 Å². The summed E-state index contributed by atoms with van der Waals surface area (Å²) in [4.78, 5) is 14.8. The van der Waals surface area contributed by atoms with Gasteiger partial charge in [-0.05, 0) is 43.4 Å². The zero-order valence-electron chi connectivity index (χ0n) is 21.2. The first-order valence-corrected chi connectivity index (χ1v) is 13.5. The summed E-state index contributed by atoms with van der Waals surface area (Å²) < 4.78 is 38.8. The van der Waals surface area contributed by atoms with E-state index in [1.807, 2.05) is 66.7 Å². The zero-order valence-corrected chi connectivity index (χ0v) is 22.0. The van der Waals surface area contributed by atoms with Crippen molar-refractivity contribution >= 4 is 27.0 Å². The molecule has 0 aliphatic rings. The summed E-state index contributed by atoms with van der Waals surface area (Å²) in [7, 11) is -4.19. The van der Waals surface area contributed by atoms with E-state index in [0.717, 1.165) is 10.9 Å². The van der Waals surface area contributed by atoms with E-state index < -0.39 is 27.9 Å². The lowest BCUT2D eigenvalue weighted by Gasteiger charge is -2.30. The standard InChI is InChI=1S/C30H31NO5S/c1-30(2,3)35-29(32)31(21-23-13-6-4-7-14-23)22-27(25-16-8-5-9-17-25)36-37(33,34)28-20-12-18-24-15-10-11-19-26(24)28/h4-20,27H,21-22H2,1-3H3. The summed E-state index contributed by atoms with van der Waals surface area (Å²) in [5.41, 5.74) is 0.800. The highest BCUT2D eigenvalue weighted by molar-refractivity contribution is 7.87. The summed E-state index contributed by atoms with van der Waals surface area (Å²) in [6.45, 7) is 5.58. The third-order valence-electron chi connectivity index (χ3n) is 5.69. The van der Waals surface area contributed by atoms with Crippen LogP contribution in [0.2, 0.25) is 0 Å². The minimum Gasteiger partial charge on any atom is -0.444 e. The maximum atomic E-state index is 13.6. The van der Waals surface area contributed by atoms with Crippen LogP contribution in [0, 0.1) is 0 Å². The van der Waals surface area contributed by atoms with Crippen molar-refractivity contribution in [2.24, 2.45) is 0 Å². The fraction of sp³-hybridized carbons (Fsp3) is 0.233. The first-order chi connectivity index (χ1) is 17.6. The van der Waals surface area contributed by atoms with Gasteiger partial charge in [0.15, 0.2) is 0 Å². The van der Waals surface area contributed by atoms with Gasteiger partial charge in [0.05, 0.1) is 6.54 Å². The lowest BCUT2D eigenvalue weighted by molar-refractivity contribution is 0.0151. The fourth-order valence-electron chi connectivity index (χ4n) is 4.01. The number of rotatable bonds is 8. The molecule has 4 aromatic rings. The molecule has 4 rings (SSSR count). The topological polar surface area (TPSA) is 72.9 Å². The van der Waals surface area contributed by atoms with Gasteiger partial charge < -0.3 is 9.64 Å². The Kier molecular flexibility index (Phi) is 7.95. The van der Waals surface area contributed by atoms with Gasteiger partial charge in [-0.15, -0.1) is 0 Å². The minimum absolute atomic E-state index is 0.0299. The molecule has 0 heterocycles. The third-order valence-corrected chi connectivity index (χ3v) is 7.07. The summed E-state index contributed by atoms with van der Waals surface area (Å²) in [6, 6.07) is 30.9. The van der Waals surface area contributed by atoms with Crippen molar-refractivity contribution in [1.29, 1.82) is 0 Å². The van der Waals surface area contributed by atoms with Crippen molar-refractivity contribution in [2.45, 2.75) is 43.9 Å². The quantitative estimate of drug-likeness (QED) is 0.243. The lowest BCUT2D eigenvalue weighted by atomic mass is 10.1. The molecular formula is C30H31NO5S. The summed E-state index contributed by atoms with van der Waals surface area (Å²) in [5, 5.41) is 1.37. The van der Waals surface area contributed by atoms with Gasteiger partial charge in [0.25, 0.3) is 10.1 Å². The molecule has 1 atom stereocenters. The molecule has 0 spiro atoms. The van der Waals surface area contributed by atoms with Crippen molar-refractivity contribution in [3.8, 4) is 0 Å². The Morgan fingerprint density at radius 2 is 1.41 bits per heavy atom. The van der Waals surface area contributed by atoms with Crippen LogP contribution in [0.5, 0.6) is 0 Å². The first kappa shape index (κ1) is 26.4. The maximum Gasteiger partial charge on any atom is 0.410 e. The van der Waals surface area contributed by atoms with Crippen LogP contribution < -0.4 is 0 Å². The molecule has 192 valence electrons. The molecule has 0 aromatic heterocycles. The van der Waals surface area contributed by atoms with Gasteiger partial charge in [-0.25, -0.2) is 4.79 Å². The van der Waals surface area contributed by atoms with Crippen LogP contribution >= 0.6 is 0 Å². The van der Waals surface area contributed by atoms with Gasteiger partial charge in [0, 0.05) is 11.9 Å². The maximum absolute atomic E-state index is 13.6. The van der Waals surface area contributed by atoms with Gasteiger partial charge >= 0.3 is 6.09 Å². The molecule has 0 saturated heterocycles. The molecule has 0 aliphatic heterocycles. The number of benzene rings is 4. The van der Waals surface area contributed by atoms with Crippen molar-refractivity contribution in [1.82, 2.24) is 4.90 Å². The van der Waals surface area contributed by atoms with Crippen LogP contribution in [0.3, 0.4) is 0 Å². The second-order valence-corrected chi connectivity index (χ2v) is 11.3. The SMILES string of the molecule is CC(C)(C)OC(=O)N(Cc1ccccc1)CC(OS(=O)(=O)c1cccc2ccccc12)c1ccccc1. The van der Waals surface area contributed by atoms with Crippen LogP contribution in [0.1, 0.15) is 38.0 Å². The average molecular weight is 518 g/mol. The number of ether oxygens (including phenoxy) is 1. The van der Waals surface area contributed by atoms with E-state index in [-0.39, 0.29) is 18.0 Å². The van der Waals surface area contributed by atoms with Crippen LogP contribution in [0.4, 0.5) is 4.79 Å². The number of hydrogen-bond donors (Lipinski definition) is 0. The van der Waals surface area contributed by atoms with Crippen LogP contribution in [-0.2, 0) is 25.6 Å². The van der Waals surface area contributed by atoms with E-state index in [9.17, 15) is 13.2 Å². The number of hydrogen-bond acceptors (Lipinski definition) is 5. The molecule has 0 fully saturated rings. The Morgan fingerprint density at radius 3 is 2.08 bits per heavy atom. The normalized spacial score (nSPS) is 12.7. The molecule has 1 unspecified atom stereocenters. The molecule has 4 aromatic carbocycles. The van der Waals surface area contributed by atoms with Gasteiger partial charge in [-0.2, -0.15) is 8.42 Å². The predicted octanol–water partition coefficient (Wildman–Crippen LogP) is 6.72. The smallest absolute Gasteiger partial charge is 0.410 e. The second kappa shape index (κ2) is 11.2. The molecule has 1 amide bonds. The van der Waals surface area contributed by atoms with Gasteiger partial charge in [-0.1, -0.05) is 97.1 Å². The average Bonchev–Trinajstić information content (AvgIpc) is 2.87. The monoisotopic (exact) mass is 517 g/mol. The number of carbonyl (C=O) groups is 1. The Bertz CT molecular complexity index is 1440. The van der Waals surface area contributed by atoms with E-state index in [1.54, 1.807) is 51.1 Å². The lowest BCUT2D eigenvalue weighted by Crippen LogP contribution is -2.39. The summed E-state index contributed by atoms with van der Waals surface area (Å²) in [5.74, 6) is 0. The molecule has 0 N–H and O–H groups in total. The molecule has 7 heteroatoms. The molecule has 0 aliphatic carbocycles. The van der Waals surface area contributed by atoms with Gasteiger partial charge in [0.2, 0.25) is 0 Å². The van der Waals surface area contributed by atoms with E-state index >= 15 is 0 Å². The Labute approximate surface area is 218 Å². The van der Waals surface area contributed by atoms with Crippen molar-refractivity contribution in [3.63, 3.8) is 0 Å². The van der Waals surface area contributed by atoms with E-state index in [4.69, 9.17) is 8.92 Å². The molecule has 6 nitrogen and oxygen atoms in total. The Balaban J connectivity index is 1.70. The fourth-order valence-corrected chi connectivity index (χ4v) is 5.29. The molecule has 0 bridgehead atoms.